The normalized spacial score (nSPS) is 16.0. The number of fused-ring (bicyclic) bond motifs is 1. The first-order valence-corrected chi connectivity index (χ1v) is 9.26. The minimum absolute atomic E-state index is 0. The minimum atomic E-state index is -0.579. The highest BCUT2D eigenvalue weighted by molar-refractivity contribution is 5.86. The summed E-state index contributed by atoms with van der Waals surface area (Å²) in [4.78, 5) is 16.5. The largest absolute Gasteiger partial charge is 0.358 e. The Hall–Kier alpha value is -2.31. The van der Waals surface area contributed by atoms with Crippen LogP contribution in [0.25, 0.3) is 10.9 Å². The third-order valence-electron chi connectivity index (χ3n) is 5.48. The van der Waals surface area contributed by atoms with E-state index < -0.39 is 5.54 Å². The number of nitrogens with zero attached hydrogens (tertiary/aromatic N) is 2. The molecule has 0 unspecified atom stereocenters. The monoisotopic (exact) mass is 387 g/mol. The van der Waals surface area contributed by atoms with Gasteiger partial charge in [-0.15, -0.1) is 12.4 Å². The average molecular weight is 388 g/mol. The first-order chi connectivity index (χ1) is 12.7. The fourth-order valence-corrected chi connectivity index (χ4v) is 4.05. The van der Waals surface area contributed by atoms with Crippen LogP contribution in [0.5, 0.6) is 0 Å². The summed E-state index contributed by atoms with van der Waals surface area (Å²) in [6.45, 7) is 4.37. The summed E-state index contributed by atoms with van der Waals surface area (Å²) in [6, 6.07) is 10.2. The lowest BCUT2D eigenvalue weighted by atomic mass is 9.87. The molecule has 0 spiro atoms. The third kappa shape index (κ3) is 3.59. The van der Waals surface area contributed by atoms with Crippen LogP contribution in [-0.2, 0) is 16.8 Å². The van der Waals surface area contributed by atoms with E-state index in [4.69, 9.17) is 0 Å². The first kappa shape index (κ1) is 19.5. The Morgan fingerprint density at radius 3 is 2.78 bits per heavy atom. The standard InChI is InChI=1S/C20H25N5O.ClH/c1-15-16(17-5-2-3-6-18(17)24-15)7-11-22-19(26)20(8-12-21-13-9-20)25-14-4-10-23-25;/h2-6,10,14,21,24H,7-9,11-13H2,1H3,(H,22,26);1H. The molecule has 27 heavy (non-hydrogen) atoms. The van der Waals surface area contributed by atoms with Gasteiger partial charge in [-0.3, -0.25) is 9.48 Å². The molecule has 3 aromatic rings. The lowest BCUT2D eigenvalue weighted by Gasteiger charge is -2.36. The van der Waals surface area contributed by atoms with Crippen molar-refractivity contribution in [3.05, 3.63) is 54.0 Å². The summed E-state index contributed by atoms with van der Waals surface area (Å²) in [5, 5.41) is 12.1. The van der Waals surface area contributed by atoms with Gasteiger partial charge in [-0.2, -0.15) is 5.10 Å². The van der Waals surface area contributed by atoms with Crippen LogP contribution in [0.1, 0.15) is 24.1 Å². The summed E-state index contributed by atoms with van der Waals surface area (Å²) in [5.41, 5.74) is 3.02. The van der Waals surface area contributed by atoms with Gasteiger partial charge in [-0.05, 0) is 57.0 Å². The number of benzene rings is 1. The maximum Gasteiger partial charge on any atom is 0.248 e. The number of hydrogen-bond acceptors (Lipinski definition) is 3. The van der Waals surface area contributed by atoms with Crippen LogP contribution in [0.3, 0.4) is 0 Å². The van der Waals surface area contributed by atoms with Crippen molar-refractivity contribution >= 4 is 29.2 Å². The molecule has 4 rings (SSSR count). The van der Waals surface area contributed by atoms with Gasteiger partial charge in [0.15, 0.2) is 0 Å². The predicted molar refractivity (Wildman–Crippen MR) is 109 cm³/mol. The summed E-state index contributed by atoms with van der Waals surface area (Å²) in [5.74, 6) is 0.0696. The minimum Gasteiger partial charge on any atom is -0.358 e. The zero-order valence-corrected chi connectivity index (χ0v) is 16.3. The van der Waals surface area contributed by atoms with Gasteiger partial charge in [0.25, 0.3) is 0 Å². The molecule has 0 aliphatic carbocycles. The zero-order valence-electron chi connectivity index (χ0n) is 15.5. The van der Waals surface area contributed by atoms with Crippen molar-refractivity contribution in [2.45, 2.75) is 31.7 Å². The number of amides is 1. The van der Waals surface area contributed by atoms with Gasteiger partial charge in [0, 0.05) is 35.5 Å². The fraction of sp³-hybridized carbons (Fsp3) is 0.400. The van der Waals surface area contributed by atoms with Crippen LogP contribution < -0.4 is 10.6 Å². The molecule has 7 heteroatoms. The highest BCUT2D eigenvalue weighted by atomic mass is 35.5. The number of halogens is 1. The van der Waals surface area contributed by atoms with Crippen LogP contribution in [0.2, 0.25) is 0 Å². The Kier molecular flexibility index (Phi) is 5.87. The van der Waals surface area contributed by atoms with Crippen molar-refractivity contribution in [1.29, 1.82) is 0 Å². The molecular formula is C20H26ClN5O. The van der Waals surface area contributed by atoms with Gasteiger partial charge < -0.3 is 15.6 Å². The van der Waals surface area contributed by atoms with Crippen LogP contribution in [-0.4, -0.2) is 40.3 Å². The number of aromatic amines is 1. The quantitative estimate of drug-likeness (QED) is 0.629. The summed E-state index contributed by atoms with van der Waals surface area (Å²) >= 11 is 0. The molecule has 1 saturated heterocycles. The number of H-pyrrole nitrogens is 1. The van der Waals surface area contributed by atoms with Gasteiger partial charge in [0.1, 0.15) is 5.54 Å². The van der Waals surface area contributed by atoms with Crippen LogP contribution >= 0.6 is 12.4 Å². The fourth-order valence-electron chi connectivity index (χ4n) is 4.05. The smallest absolute Gasteiger partial charge is 0.248 e. The number of para-hydroxylation sites is 1. The van der Waals surface area contributed by atoms with Crippen LogP contribution in [0.15, 0.2) is 42.7 Å². The Balaban J connectivity index is 0.00000210. The molecule has 6 nitrogen and oxygen atoms in total. The Bertz CT molecular complexity index is 896. The predicted octanol–water partition coefficient (Wildman–Crippen LogP) is 2.53. The van der Waals surface area contributed by atoms with E-state index in [0.29, 0.717) is 6.54 Å². The number of nitrogens with one attached hydrogen (secondary N) is 3. The molecule has 0 bridgehead atoms. The molecule has 144 valence electrons. The van der Waals surface area contributed by atoms with E-state index in [1.165, 1.54) is 16.6 Å². The lowest BCUT2D eigenvalue weighted by Crippen LogP contribution is -2.54. The number of carbonyl (C=O) groups is 1. The highest BCUT2D eigenvalue weighted by Crippen LogP contribution is 2.27. The van der Waals surface area contributed by atoms with Gasteiger partial charge in [-0.25, -0.2) is 0 Å². The van der Waals surface area contributed by atoms with Crippen LogP contribution in [0, 0.1) is 6.92 Å². The van der Waals surface area contributed by atoms with Crippen molar-refractivity contribution in [2.75, 3.05) is 19.6 Å². The first-order valence-electron chi connectivity index (χ1n) is 9.26. The molecule has 0 atom stereocenters. The summed E-state index contributed by atoms with van der Waals surface area (Å²) < 4.78 is 1.83. The second-order valence-electron chi connectivity index (χ2n) is 7.01. The highest BCUT2D eigenvalue weighted by Gasteiger charge is 2.41. The van der Waals surface area contributed by atoms with Crippen molar-refractivity contribution in [3.63, 3.8) is 0 Å². The SMILES string of the molecule is Cc1[nH]c2ccccc2c1CCNC(=O)C1(n2cccn2)CCNCC1.Cl. The van der Waals surface area contributed by atoms with Crippen molar-refractivity contribution in [2.24, 2.45) is 0 Å². The van der Waals surface area contributed by atoms with Gasteiger partial charge in [-0.1, -0.05) is 18.2 Å². The Morgan fingerprint density at radius 2 is 2.04 bits per heavy atom. The summed E-state index contributed by atoms with van der Waals surface area (Å²) in [7, 11) is 0. The molecule has 1 amide bonds. The Labute approximate surface area is 165 Å². The number of rotatable bonds is 5. The number of piperidine rings is 1. The van der Waals surface area contributed by atoms with Crippen molar-refractivity contribution in [3.8, 4) is 0 Å². The Morgan fingerprint density at radius 1 is 1.26 bits per heavy atom. The average Bonchev–Trinajstić information content (AvgIpc) is 3.31. The van der Waals surface area contributed by atoms with E-state index in [-0.39, 0.29) is 18.3 Å². The second kappa shape index (κ2) is 8.15. The maximum atomic E-state index is 13.1. The molecular weight excluding hydrogens is 362 g/mol. The number of carbonyl (C=O) groups excluding carboxylic acids is 1. The van der Waals surface area contributed by atoms with E-state index in [1.807, 2.05) is 23.0 Å². The van der Waals surface area contributed by atoms with E-state index in [2.05, 4.69) is 45.8 Å². The number of aryl methyl sites for hydroxylation is 1. The topological polar surface area (TPSA) is 74.7 Å². The van der Waals surface area contributed by atoms with Gasteiger partial charge in [0.2, 0.25) is 5.91 Å². The molecule has 1 aliphatic heterocycles. The van der Waals surface area contributed by atoms with E-state index >= 15 is 0 Å². The van der Waals surface area contributed by atoms with Crippen molar-refractivity contribution in [1.82, 2.24) is 25.4 Å². The van der Waals surface area contributed by atoms with E-state index in [9.17, 15) is 4.79 Å². The van der Waals surface area contributed by atoms with Crippen LogP contribution in [0.4, 0.5) is 0 Å². The molecule has 1 fully saturated rings. The summed E-state index contributed by atoms with van der Waals surface area (Å²) in [6.07, 6.45) is 5.97. The third-order valence-corrected chi connectivity index (χ3v) is 5.48. The van der Waals surface area contributed by atoms with Gasteiger partial charge >= 0.3 is 0 Å². The molecule has 3 N–H and O–H groups in total. The van der Waals surface area contributed by atoms with Gasteiger partial charge in [0.05, 0.1) is 0 Å². The molecule has 3 heterocycles. The molecule has 1 aromatic carbocycles. The molecule has 0 radical (unpaired) electrons. The number of hydrogen-bond donors (Lipinski definition) is 3. The molecule has 0 saturated carbocycles. The lowest BCUT2D eigenvalue weighted by molar-refractivity contribution is -0.131. The number of aromatic nitrogens is 3. The molecule has 2 aromatic heterocycles. The second-order valence-corrected chi connectivity index (χ2v) is 7.01. The molecule has 1 aliphatic rings. The van der Waals surface area contributed by atoms with Crippen molar-refractivity contribution < 1.29 is 4.79 Å². The zero-order chi connectivity index (χ0) is 18.0. The van der Waals surface area contributed by atoms with E-state index in [1.54, 1.807) is 6.20 Å². The van der Waals surface area contributed by atoms with E-state index in [0.717, 1.165) is 37.9 Å². The maximum absolute atomic E-state index is 13.1.